The van der Waals surface area contributed by atoms with Gasteiger partial charge in [-0.3, -0.25) is 0 Å². The number of pyridine rings is 1. The lowest BCUT2D eigenvalue weighted by molar-refractivity contribution is 0.0730. The average molecular weight is 313 g/mol. The Morgan fingerprint density at radius 2 is 2.15 bits per heavy atom. The molecule has 0 aromatic carbocycles. The number of sulfonamides is 1. The SMILES string of the molecule is CC(C#N)Sc1ccc(S(=O)(=O)N2CCOCC2)cn1. The maximum Gasteiger partial charge on any atom is 0.244 e. The summed E-state index contributed by atoms with van der Waals surface area (Å²) in [4.78, 5) is 4.28. The molecular formula is C12H15N3O3S2. The van der Waals surface area contributed by atoms with Crippen LogP contribution in [0.15, 0.2) is 28.3 Å². The molecule has 0 saturated carbocycles. The van der Waals surface area contributed by atoms with Crippen LogP contribution in [0, 0.1) is 11.3 Å². The van der Waals surface area contributed by atoms with Crippen molar-refractivity contribution in [2.45, 2.75) is 22.1 Å². The lowest BCUT2D eigenvalue weighted by atomic mass is 10.5. The zero-order chi connectivity index (χ0) is 14.6. The van der Waals surface area contributed by atoms with Crippen LogP contribution in [0.5, 0.6) is 0 Å². The Balaban J connectivity index is 2.14. The van der Waals surface area contributed by atoms with Gasteiger partial charge in [-0.15, -0.1) is 0 Å². The Kier molecular flexibility index (Phi) is 4.99. The lowest BCUT2D eigenvalue weighted by Gasteiger charge is -2.25. The van der Waals surface area contributed by atoms with E-state index in [0.717, 1.165) is 0 Å². The molecule has 8 heteroatoms. The zero-order valence-electron chi connectivity index (χ0n) is 11.0. The van der Waals surface area contributed by atoms with Crippen LogP contribution in [0.2, 0.25) is 0 Å². The minimum absolute atomic E-state index is 0.174. The minimum Gasteiger partial charge on any atom is -0.379 e. The second kappa shape index (κ2) is 6.54. The van der Waals surface area contributed by atoms with E-state index >= 15 is 0 Å². The van der Waals surface area contributed by atoms with E-state index in [-0.39, 0.29) is 10.1 Å². The third-order valence-electron chi connectivity index (χ3n) is 2.80. The molecule has 1 aromatic rings. The molecule has 0 bridgehead atoms. The summed E-state index contributed by atoms with van der Waals surface area (Å²) < 4.78 is 31.2. The number of nitriles is 1. The molecule has 0 amide bonds. The van der Waals surface area contributed by atoms with E-state index in [0.29, 0.717) is 31.3 Å². The molecule has 1 fully saturated rings. The van der Waals surface area contributed by atoms with Crippen LogP contribution in [-0.4, -0.2) is 49.3 Å². The Bertz CT molecular complexity index is 589. The van der Waals surface area contributed by atoms with Crippen molar-refractivity contribution in [3.63, 3.8) is 0 Å². The largest absolute Gasteiger partial charge is 0.379 e. The Labute approximate surface area is 122 Å². The number of rotatable bonds is 4. The molecule has 6 nitrogen and oxygen atoms in total. The standard InChI is InChI=1S/C12H15N3O3S2/c1-10(8-13)19-12-3-2-11(9-14-12)20(16,17)15-4-6-18-7-5-15/h2-3,9-10H,4-7H2,1H3. The van der Waals surface area contributed by atoms with E-state index in [2.05, 4.69) is 11.1 Å². The molecule has 1 aliphatic rings. The quantitative estimate of drug-likeness (QED) is 0.774. The second-order valence-electron chi connectivity index (χ2n) is 4.24. The lowest BCUT2D eigenvalue weighted by Crippen LogP contribution is -2.40. The molecule has 0 spiro atoms. The number of aromatic nitrogens is 1. The van der Waals surface area contributed by atoms with Crippen LogP contribution >= 0.6 is 11.8 Å². The van der Waals surface area contributed by atoms with Crippen molar-refractivity contribution in [1.29, 1.82) is 5.26 Å². The summed E-state index contributed by atoms with van der Waals surface area (Å²) in [6, 6.07) is 5.26. The predicted octanol–water partition coefficient (Wildman–Crippen LogP) is 1.11. The van der Waals surface area contributed by atoms with Crippen molar-refractivity contribution < 1.29 is 13.2 Å². The van der Waals surface area contributed by atoms with Gasteiger partial charge >= 0.3 is 0 Å². The van der Waals surface area contributed by atoms with Gasteiger partial charge in [-0.25, -0.2) is 13.4 Å². The summed E-state index contributed by atoms with van der Waals surface area (Å²) in [5.41, 5.74) is 0. The maximum atomic E-state index is 12.3. The molecular weight excluding hydrogens is 298 g/mol. The van der Waals surface area contributed by atoms with Crippen molar-refractivity contribution >= 4 is 21.8 Å². The number of hydrogen-bond donors (Lipinski definition) is 0. The van der Waals surface area contributed by atoms with Crippen molar-refractivity contribution in [2.75, 3.05) is 26.3 Å². The highest BCUT2D eigenvalue weighted by molar-refractivity contribution is 8.00. The van der Waals surface area contributed by atoms with Crippen LogP contribution < -0.4 is 0 Å². The summed E-state index contributed by atoms with van der Waals surface area (Å²) in [6.07, 6.45) is 1.34. The van der Waals surface area contributed by atoms with E-state index in [9.17, 15) is 8.42 Å². The van der Waals surface area contributed by atoms with Crippen LogP contribution in [-0.2, 0) is 14.8 Å². The van der Waals surface area contributed by atoms with Crippen LogP contribution in [0.25, 0.3) is 0 Å². The molecule has 0 N–H and O–H groups in total. The third kappa shape index (κ3) is 3.49. The third-order valence-corrected chi connectivity index (χ3v) is 5.62. The average Bonchev–Trinajstić information content (AvgIpc) is 2.48. The van der Waals surface area contributed by atoms with Crippen LogP contribution in [0.3, 0.4) is 0 Å². The zero-order valence-corrected chi connectivity index (χ0v) is 12.7. The Morgan fingerprint density at radius 3 is 2.70 bits per heavy atom. The van der Waals surface area contributed by atoms with Crippen LogP contribution in [0.1, 0.15) is 6.92 Å². The highest BCUT2D eigenvalue weighted by atomic mass is 32.2. The molecule has 1 saturated heterocycles. The van der Waals surface area contributed by atoms with Gasteiger partial charge in [0.1, 0.15) is 4.90 Å². The van der Waals surface area contributed by atoms with Crippen LogP contribution in [0.4, 0.5) is 0 Å². The highest BCUT2D eigenvalue weighted by Crippen LogP contribution is 2.23. The van der Waals surface area contributed by atoms with Crippen molar-refractivity contribution in [3.8, 4) is 6.07 Å². The number of morpholine rings is 1. The number of thioether (sulfide) groups is 1. The van der Waals surface area contributed by atoms with Gasteiger partial charge in [-0.2, -0.15) is 9.57 Å². The van der Waals surface area contributed by atoms with Gasteiger partial charge in [-0.1, -0.05) is 11.8 Å². The topological polar surface area (TPSA) is 83.3 Å². The fraction of sp³-hybridized carbons (Fsp3) is 0.500. The first kappa shape index (κ1) is 15.3. The molecule has 1 atom stereocenters. The molecule has 1 aromatic heterocycles. The minimum atomic E-state index is -3.50. The monoisotopic (exact) mass is 313 g/mol. The van der Waals surface area contributed by atoms with Crippen molar-refractivity contribution in [1.82, 2.24) is 9.29 Å². The number of nitrogens with zero attached hydrogens (tertiary/aromatic N) is 3. The fourth-order valence-electron chi connectivity index (χ4n) is 1.73. The van der Waals surface area contributed by atoms with E-state index in [1.165, 1.54) is 28.3 Å². The van der Waals surface area contributed by atoms with Crippen molar-refractivity contribution in [3.05, 3.63) is 18.3 Å². The van der Waals surface area contributed by atoms with Gasteiger partial charge in [0.15, 0.2) is 0 Å². The molecule has 1 unspecified atom stereocenters. The molecule has 108 valence electrons. The molecule has 0 radical (unpaired) electrons. The summed E-state index contributed by atoms with van der Waals surface area (Å²) in [7, 11) is -3.50. The van der Waals surface area contributed by atoms with Gasteiger partial charge in [-0.05, 0) is 19.1 Å². The van der Waals surface area contributed by atoms with E-state index in [4.69, 9.17) is 10.00 Å². The summed E-state index contributed by atoms with van der Waals surface area (Å²) in [5, 5.41) is 9.16. The van der Waals surface area contributed by atoms with Gasteiger partial charge in [0.05, 0.1) is 29.6 Å². The van der Waals surface area contributed by atoms with Gasteiger partial charge < -0.3 is 4.74 Å². The highest BCUT2D eigenvalue weighted by Gasteiger charge is 2.26. The van der Waals surface area contributed by atoms with Gasteiger partial charge in [0, 0.05) is 19.3 Å². The first-order chi connectivity index (χ1) is 9.54. The number of ether oxygens (including phenoxy) is 1. The Morgan fingerprint density at radius 1 is 1.45 bits per heavy atom. The van der Waals surface area contributed by atoms with Gasteiger partial charge in [0.25, 0.3) is 0 Å². The van der Waals surface area contributed by atoms with E-state index < -0.39 is 10.0 Å². The first-order valence-corrected chi connectivity index (χ1v) is 8.46. The second-order valence-corrected chi connectivity index (χ2v) is 7.54. The summed E-state index contributed by atoms with van der Waals surface area (Å²) in [5.74, 6) is 0. The molecule has 20 heavy (non-hydrogen) atoms. The van der Waals surface area contributed by atoms with E-state index in [1.54, 1.807) is 13.0 Å². The summed E-state index contributed by atoms with van der Waals surface area (Å²) in [6.45, 7) is 3.33. The smallest absolute Gasteiger partial charge is 0.244 e. The normalized spacial score (nSPS) is 18.4. The molecule has 2 rings (SSSR count). The van der Waals surface area contributed by atoms with E-state index in [1.807, 2.05) is 0 Å². The maximum absolute atomic E-state index is 12.3. The number of hydrogen-bond acceptors (Lipinski definition) is 6. The summed E-state index contributed by atoms with van der Waals surface area (Å²) >= 11 is 1.30. The first-order valence-electron chi connectivity index (χ1n) is 6.14. The van der Waals surface area contributed by atoms with Crippen molar-refractivity contribution in [2.24, 2.45) is 0 Å². The van der Waals surface area contributed by atoms with Gasteiger partial charge in [0.2, 0.25) is 10.0 Å². The molecule has 1 aliphatic heterocycles. The predicted molar refractivity (Wildman–Crippen MR) is 74.7 cm³/mol. The Hall–Kier alpha value is -1.14. The molecule has 2 heterocycles. The fourth-order valence-corrected chi connectivity index (χ4v) is 3.76. The molecule has 0 aliphatic carbocycles.